The number of nitriles is 1. The van der Waals surface area contributed by atoms with Crippen LogP contribution in [0.15, 0.2) is 30.3 Å². The molecule has 19 heavy (non-hydrogen) atoms. The summed E-state index contributed by atoms with van der Waals surface area (Å²) in [6, 6.07) is 11.8. The Morgan fingerprint density at radius 1 is 1.37 bits per heavy atom. The molecule has 0 fully saturated rings. The van der Waals surface area contributed by atoms with Crippen molar-refractivity contribution >= 4 is 16.7 Å². The first-order valence-electron chi connectivity index (χ1n) is 6.46. The van der Waals surface area contributed by atoms with Gasteiger partial charge in [0.15, 0.2) is 0 Å². The van der Waals surface area contributed by atoms with Crippen LogP contribution < -0.4 is 5.32 Å². The number of aromatic nitrogens is 1. The Bertz CT molecular complexity index is 589. The monoisotopic (exact) mass is 255 g/mol. The number of pyridine rings is 1. The molecule has 1 N–H and O–H groups in total. The Kier molecular flexibility index (Phi) is 4.71. The van der Waals surface area contributed by atoms with Gasteiger partial charge in [-0.2, -0.15) is 5.26 Å². The Morgan fingerprint density at radius 3 is 3.00 bits per heavy atom. The van der Waals surface area contributed by atoms with Crippen LogP contribution in [0.5, 0.6) is 0 Å². The Hall–Kier alpha value is -2.12. The van der Waals surface area contributed by atoms with E-state index in [9.17, 15) is 0 Å². The molecule has 2 rings (SSSR count). The van der Waals surface area contributed by atoms with Crippen LogP contribution in [0.3, 0.4) is 0 Å². The van der Waals surface area contributed by atoms with Crippen molar-refractivity contribution < 1.29 is 4.74 Å². The molecular weight excluding hydrogens is 238 g/mol. The van der Waals surface area contributed by atoms with Gasteiger partial charge in [-0.3, -0.25) is 0 Å². The van der Waals surface area contributed by atoms with E-state index in [4.69, 9.17) is 10.00 Å². The first kappa shape index (κ1) is 13.3. The van der Waals surface area contributed by atoms with Gasteiger partial charge in [-0.25, -0.2) is 4.98 Å². The summed E-state index contributed by atoms with van der Waals surface area (Å²) in [5, 5.41) is 13.4. The van der Waals surface area contributed by atoms with E-state index in [2.05, 4.69) is 16.4 Å². The van der Waals surface area contributed by atoms with Crippen molar-refractivity contribution in [3.63, 3.8) is 0 Å². The van der Waals surface area contributed by atoms with Crippen molar-refractivity contribution in [2.75, 3.05) is 25.1 Å². The van der Waals surface area contributed by atoms with Crippen molar-refractivity contribution in [1.29, 1.82) is 5.26 Å². The minimum atomic E-state index is 0.579. The minimum Gasteiger partial charge on any atom is -0.382 e. The van der Waals surface area contributed by atoms with Gasteiger partial charge in [0.25, 0.3) is 0 Å². The van der Waals surface area contributed by atoms with Crippen molar-refractivity contribution in [1.82, 2.24) is 4.98 Å². The molecule has 0 aliphatic heterocycles. The molecule has 0 amide bonds. The fourth-order valence-electron chi connectivity index (χ4n) is 1.86. The van der Waals surface area contributed by atoms with Crippen LogP contribution in [-0.4, -0.2) is 24.7 Å². The van der Waals surface area contributed by atoms with Crippen LogP contribution in [0.2, 0.25) is 0 Å². The SMILES string of the molecule is CCOCCCNc1nc2ccccc2cc1C#N. The van der Waals surface area contributed by atoms with Gasteiger partial charge in [-0.1, -0.05) is 18.2 Å². The molecule has 4 heteroatoms. The van der Waals surface area contributed by atoms with E-state index in [1.54, 1.807) is 0 Å². The predicted molar refractivity (Wildman–Crippen MR) is 76.1 cm³/mol. The van der Waals surface area contributed by atoms with Crippen molar-refractivity contribution in [2.45, 2.75) is 13.3 Å². The lowest BCUT2D eigenvalue weighted by Crippen LogP contribution is -2.08. The van der Waals surface area contributed by atoms with Gasteiger partial charge in [0.2, 0.25) is 0 Å². The minimum absolute atomic E-state index is 0.579. The summed E-state index contributed by atoms with van der Waals surface area (Å²) in [6.45, 7) is 4.18. The second kappa shape index (κ2) is 6.72. The van der Waals surface area contributed by atoms with Gasteiger partial charge in [-0.15, -0.1) is 0 Å². The molecule has 2 aromatic rings. The molecule has 0 unspecified atom stereocenters. The van der Waals surface area contributed by atoms with Crippen LogP contribution in [0.25, 0.3) is 10.9 Å². The fourth-order valence-corrected chi connectivity index (χ4v) is 1.86. The van der Waals surface area contributed by atoms with Crippen LogP contribution in [0, 0.1) is 11.3 Å². The van der Waals surface area contributed by atoms with E-state index in [1.165, 1.54) is 0 Å². The zero-order chi connectivity index (χ0) is 13.5. The number of anilines is 1. The van der Waals surface area contributed by atoms with E-state index in [1.807, 2.05) is 37.3 Å². The van der Waals surface area contributed by atoms with E-state index in [0.29, 0.717) is 11.4 Å². The molecule has 0 aliphatic carbocycles. The summed E-state index contributed by atoms with van der Waals surface area (Å²) in [6.07, 6.45) is 0.896. The summed E-state index contributed by atoms with van der Waals surface area (Å²) >= 11 is 0. The normalized spacial score (nSPS) is 10.3. The molecule has 0 saturated carbocycles. The number of para-hydroxylation sites is 1. The Morgan fingerprint density at radius 2 is 2.21 bits per heavy atom. The molecule has 0 bridgehead atoms. The van der Waals surface area contributed by atoms with E-state index in [0.717, 1.165) is 37.1 Å². The molecule has 98 valence electrons. The fraction of sp³-hybridized carbons (Fsp3) is 0.333. The zero-order valence-corrected chi connectivity index (χ0v) is 11.0. The number of rotatable bonds is 6. The second-order valence-electron chi connectivity index (χ2n) is 4.17. The predicted octanol–water partition coefficient (Wildman–Crippen LogP) is 2.94. The number of ether oxygens (including phenoxy) is 1. The molecule has 0 radical (unpaired) electrons. The largest absolute Gasteiger partial charge is 0.382 e. The van der Waals surface area contributed by atoms with Crippen LogP contribution in [-0.2, 0) is 4.74 Å². The maximum absolute atomic E-state index is 9.16. The number of nitrogens with zero attached hydrogens (tertiary/aromatic N) is 2. The van der Waals surface area contributed by atoms with Crippen LogP contribution in [0.4, 0.5) is 5.82 Å². The summed E-state index contributed by atoms with van der Waals surface area (Å²) in [5.74, 6) is 0.651. The summed E-state index contributed by atoms with van der Waals surface area (Å²) in [5.41, 5.74) is 1.48. The highest BCUT2D eigenvalue weighted by molar-refractivity contribution is 5.82. The van der Waals surface area contributed by atoms with E-state index >= 15 is 0 Å². The Balaban J connectivity index is 2.10. The molecule has 0 saturated heterocycles. The number of fused-ring (bicyclic) bond motifs is 1. The standard InChI is InChI=1S/C15H17N3O/c1-2-19-9-5-8-17-15-13(11-16)10-12-6-3-4-7-14(12)18-15/h3-4,6-7,10H,2,5,8-9H2,1H3,(H,17,18). The van der Waals surface area contributed by atoms with Crippen molar-refractivity contribution in [2.24, 2.45) is 0 Å². The molecule has 1 aromatic carbocycles. The maximum atomic E-state index is 9.16. The first-order chi connectivity index (χ1) is 9.35. The Labute approximate surface area is 113 Å². The smallest absolute Gasteiger partial charge is 0.144 e. The number of nitrogens with one attached hydrogen (secondary N) is 1. The lowest BCUT2D eigenvalue weighted by atomic mass is 10.1. The van der Waals surface area contributed by atoms with Gasteiger partial charge in [0.05, 0.1) is 11.1 Å². The third-order valence-corrected chi connectivity index (χ3v) is 2.81. The van der Waals surface area contributed by atoms with E-state index < -0.39 is 0 Å². The molecule has 1 aromatic heterocycles. The maximum Gasteiger partial charge on any atom is 0.144 e. The molecule has 0 spiro atoms. The van der Waals surface area contributed by atoms with Gasteiger partial charge in [0, 0.05) is 25.1 Å². The van der Waals surface area contributed by atoms with E-state index in [-0.39, 0.29) is 0 Å². The highest BCUT2D eigenvalue weighted by atomic mass is 16.5. The summed E-state index contributed by atoms with van der Waals surface area (Å²) in [4.78, 5) is 4.49. The van der Waals surface area contributed by atoms with Gasteiger partial charge < -0.3 is 10.1 Å². The van der Waals surface area contributed by atoms with Crippen LogP contribution in [0.1, 0.15) is 18.9 Å². The molecule has 4 nitrogen and oxygen atoms in total. The number of hydrogen-bond acceptors (Lipinski definition) is 4. The average Bonchev–Trinajstić information content (AvgIpc) is 2.46. The van der Waals surface area contributed by atoms with Crippen molar-refractivity contribution in [3.8, 4) is 6.07 Å². The highest BCUT2D eigenvalue weighted by Gasteiger charge is 2.05. The highest BCUT2D eigenvalue weighted by Crippen LogP contribution is 2.19. The molecule has 0 atom stereocenters. The quantitative estimate of drug-likeness (QED) is 0.806. The molecule has 0 aliphatic rings. The summed E-state index contributed by atoms with van der Waals surface area (Å²) in [7, 11) is 0. The van der Waals surface area contributed by atoms with Crippen molar-refractivity contribution in [3.05, 3.63) is 35.9 Å². The zero-order valence-electron chi connectivity index (χ0n) is 11.0. The molecular formula is C15H17N3O. The average molecular weight is 255 g/mol. The second-order valence-corrected chi connectivity index (χ2v) is 4.17. The lowest BCUT2D eigenvalue weighted by Gasteiger charge is -2.08. The van der Waals surface area contributed by atoms with Gasteiger partial charge in [-0.05, 0) is 25.5 Å². The third-order valence-electron chi connectivity index (χ3n) is 2.81. The first-order valence-corrected chi connectivity index (χ1v) is 6.46. The topological polar surface area (TPSA) is 57.9 Å². The lowest BCUT2D eigenvalue weighted by molar-refractivity contribution is 0.147. The number of benzene rings is 1. The van der Waals surface area contributed by atoms with Gasteiger partial charge in [0.1, 0.15) is 11.9 Å². The molecule has 1 heterocycles. The van der Waals surface area contributed by atoms with Crippen LogP contribution >= 0.6 is 0 Å². The summed E-state index contributed by atoms with van der Waals surface area (Å²) < 4.78 is 5.27. The van der Waals surface area contributed by atoms with Gasteiger partial charge >= 0.3 is 0 Å². The third kappa shape index (κ3) is 3.43. The number of hydrogen-bond donors (Lipinski definition) is 1.